The molecule has 0 radical (unpaired) electrons. The molecule has 1 heterocycles. The Morgan fingerprint density at radius 1 is 1.50 bits per heavy atom. The van der Waals surface area contributed by atoms with Gasteiger partial charge in [-0.1, -0.05) is 0 Å². The number of aldehydes is 1. The molecule has 0 fully saturated rings. The maximum absolute atomic E-state index is 12.8. The summed E-state index contributed by atoms with van der Waals surface area (Å²) < 4.78 is 12.8. The quantitative estimate of drug-likeness (QED) is 0.649. The van der Waals surface area contributed by atoms with Gasteiger partial charge in [-0.3, -0.25) is 9.89 Å². The Labute approximate surface area is 67.2 Å². The third-order valence-corrected chi connectivity index (χ3v) is 1.67. The highest BCUT2D eigenvalue weighted by atomic mass is 19.1. The predicted molar refractivity (Wildman–Crippen MR) is 41.4 cm³/mol. The van der Waals surface area contributed by atoms with Crippen LogP contribution in [0.15, 0.2) is 18.2 Å². The summed E-state index contributed by atoms with van der Waals surface area (Å²) in [5.41, 5.74) is 0.973. The van der Waals surface area contributed by atoms with Gasteiger partial charge in [0.2, 0.25) is 5.95 Å². The van der Waals surface area contributed by atoms with E-state index in [-0.39, 0.29) is 0 Å². The number of fused-ring (bicyclic) bond motifs is 1. The van der Waals surface area contributed by atoms with E-state index in [9.17, 15) is 9.18 Å². The second-order valence-electron chi connectivity index (χ2n) is 2.43. The van der Waals surface area contributed by atoms with Crippen molar-refractivity contribution in [3.8, 4) is 0 Å². The van der Waals surface area contributed by atoms with E-state index in [4.69, 9.17) is 0 Å². The number of rotatable bonds is 1. The van der Waals surface area contributed by atoms with E-state index >= 15 is 0 Å². The van der Waals surface area contributed by atoms with Crippen LogP contribution in [-0.4, -0.2) is 16.5 Å². The summed E-state index contributed by atoms with van der Waals surface area (Å²) in [5.74, 6) is -0.506. The number of aromatic nitrogens is 2. The highest BCUT2D eigenvalue weighted by molar-refractivity contribution is 5.86. The lowest BCUT2D eigenvalue weighted by Crippen LogP contribution is -1.78. The van der Waals surface area contributed by atoms with Gasteiger partial charge >= 0.3 is 0 Å². The number of benzene rings is 1. The first-order valence-corrected chi connectivity index (χ1v) is 3.40. The molecule has 0 aliphatic rings. The minimum atomic E-state index is -0.506. The first-order chi connectivity index (χ1) is 5.81. The molecular weight excluding hydrogens is 159 g/mol. The molecule has 0 spiro atoms. The predicted octanol–water partition coefficient (Wildman–Crippen LogP) is 1.51. The van der Waals surface area contributed by atoms with Crippen LogP contribution in [0.5, 0.6) is 0 Å². The van der Waals surface area contributed by atoms with Gasteiger partial charge in [0.25, 0.3) is 0 Å². The van der Waals surface area contributed by atoms with Crippen molar-refractivity contribution in [2.75, 3.05) is 0 Å². The molecule has 3 nitrogen and oxygen atoms in total. The fraction of sp³-hybridized carbons (Fsp3) is 0. The molecule has 12 heavy (non-hydrogen) atoms. The molecule has 0 unspecified atom stereocenters. The molecule has 0 aliphatic carbocycles. The second-order valence-corrected chi connectivity index (χ2v) is 2.43. The maximum atomic E-state index is 12.8. The van der Waals surface area contributed by atoms with Crippen molar-refractivity contribution in [1.29, 1.82) is 0 Å². The van der Waals surface area contributed by atoms with Crippen molar-refractivity contribution >= 4 is 17.2 Å². The van der Waals surface area contributed by atoms with Crippen molar-refractivity contribution in [2.45, 2.75) is 0 Å². The molecular formula is C8H5FN2O. The lowest BCUT2D eigenvalue weighted by Gasteiger charge is -1.88. The molecule has 0 atom stereocenters. The first-order valence-electron chi connectivity index (χ1n) is 3.40. The van der Waals surface area contributed by atoms with Crippen molar-refractivity contribution in [3.05, 3.63) is 29.7 Å². The summed E-state index contributed by atoms with van der Waals surface area (Å²) in [6, 6.07) is 4.65. The van der Waals surface area contributed by atoms with Crippen molar-refractivity contribution < 1.29 is 9.18 Å². The Hall–Kier alpha value is -1.71. The molecule has 0 saturated carbocycles. The van der Waals surface area contributed by atoms with Gasteiger partial charge in [0.1, 0.15) is 6.29 Å². The zero-order valence-corrected chi connectivity index (χ0v) is 6.04. The van der Waals surface area contributed by atoms with Gasteiger partial charge in [0.15, 0.2) is 0 Å². The van der Waals surface area contributed by atoms with Crippen LogP contribution in [0, 0.1) is 5.95 Å². The number of nitrogens with one attached hydrogen (secondary N) is 1. The van der Waals surface area contributed by atoms with E-state index in [1.165, 1.54) is 6.07 Å². The summed E-state index contributed by atoms with van der Waals surface area (Å²) in [6.45, 7) is 0. The number of H-pyrrole nitrogens is 1. The topological polar surface area (TPSA) is 45.8 Å². The van der Waals surface area contributed by atoms with Gasteiger partial charge in [0.05, 0.1) is 10.9 Å². The monoisotopic (exact) mass is 164 g/mol. The number of carbonyl (C=O) groups excluding carboxylic acids is 1. The molecule has 2 aromatic rings. The van der Waals surface area contributed by atoms with Crippen LogP contribution in [-0.2, 0) is 0 Å². The minimum absolute atomic E-state index is 0.347. The molecule has 1 aromatic heterocycles. The van der Waals surface area contributed by atoms with E-state index in [0.29, 0.717) is 22.8 Å². The average molecular weight is 164 g/mol. The Kier molecular flexibility index (Phi) is 1.40. The van der Waals surface area contributed by atoms with Crippen molar-refractivity contribution in [2.24, 2.45) is 0 Å². The molecule has 2 rings (SSSR count). The van der Waals surface area contributed by atoms with Crippen LogP contribution in [0.25, 0.3) is 10.9 Å². The Morgan fingerprint density at radius 2 is 2.33 bits per heavy atom. The van der Waals surface area contributed by atoms with Gasteiger partial charge in [-0.2, -0.15) is 9.49 Å². The number of hydrogen-bond donors (Lipinski definition) is 1. The fourth-order valence-electron chi connectivity index (χ4n) is 1.07. The lowest BCUT2D eigenvalue weighted by molar-refractivity contribution is 0.112. The average Bonchev–Trinajstić information content (AvgIpc) is 2.47. The van der Waals surface area contributed by atoms with Crippen LogP contribution in [0.1, 0.15) is 10.4 Å². The van der Waals surface area contributed by atoms with E-state index in [2.05, 4.69) is 10.2 Å². The van der Waals surface area contributed by atoms with Crippen LogP contribution in [0.4, 0.5) is 4.39 Å². The van der Waals surface area contributed by atoms with E-state index in [1.54, 1.807) is 12.1 Å². The van der Waals surface area contributed by atoms with Gasteiger partial charge in [-0.05, 0) is 18.2 Å². The second kappa shape index (κ2) is 2.41. The number of carbonyl (C=O) groups is 1. The lowest BCUT2D eigenvalue weighted by atomic mass is 10.2. The molecule has 0 saturated heterocycles. The molecule has 0 amide bonds. The maximum Gasteiger partial charge on any atom is 0.216 e. The third kappa shape index (κ3) is 0.887. The summed E-state index contributed by atoms with van der Waals surface area (Å²) >= 11 is 0. The van der Waals surface area contributed by atoms with Gasteiger partial charge in [-0.25, -0.2) is 0 Å². The van der Waals surface area contributed by atoms with Crippen molar-refractivity contribution in [1.82, 2.24) is 10.2 Å². The molecule has 4 heteroatoms. The summed E-state index contributed by atoms with van der Waals surface area (Å²) in [6.07, 6.45) is 0.673. The number of hydrogen-bond acceptors (Lipinski definition) is 2. The van der Waals surface area contributed by atoms with E-state index < -0.39 is 5.95 Å². The van der Waals surface area contributed by atoms with E-state index in [1.807, 2.05) is 0 Å². The number of halogens is 1. The Balaban J connectivity index is 2.79. The SMILES string of the molecule is O=Cc1ccc2n[nH]c(F)c2c1. The van der Waals surface area contributed by atoms with Gasteiger partial charge < -0.3 is 0 Å². The summed E-state index contributed by atoms with van der Waals surface area (Å²) in [4.78, 5) is 10.3. The van der Waals surface area contributed by atoms with Gasteiger partial charge in [-0.15, -0.1) is 0 Å². The van der Waals surface area contributed by atoms with Gasteiger partial charge in [0, 0.05) is 5.56 Å². The smallest absolute Gasteiger partial charge is 0.216 e. The third-order valence-electron chi connectivity index (χ3n) is 1.67. The minimum Gasteiger partial charge on any atom is -0.298 e. The number of nitrogens with zero attached hydrogens (tertiary/aromatic N) is 1. The fourth-order valence-corrected chi connectivity index (χ4v) is 1.07. The normalized spacial score (nSPS) is 10.4. The highest BCUT2D eigenvalue weighted by Crippen LogP contribution is 2.15. The van der Waals surface area contributed by atoms with Crippen LogP contribution in [0.3, 0.4) is 0 Å². The Morgan fingerprint density at radius 3 is 3.08 bits per heavy atom. The highest BCUT2D eigenvalue weighted by Gasteiger charge is 2.03. The van der Waals surface area contributed by atoms with E-state index in [0.717, 1.165) is 0 Å². The van der Waals surface area contributed by atoms with Crippen LogP contribution >= 0.6 is 0 Å². The standard InChI is InChI=1S/C8H5FN2O/c9-8-6-3-5(4-12)1-2-7(6)10-11-8/h1-4H,(H,10,11). The molecule has 0 bridgehead atoms. The van der Waals surface area contributed by atoms with Crippen LogP contribution < -0.4 is 0 Å². The number of aromatic amines is 1. The first kappa shape index (κ1) is 6.97. The zero-order valence-electron chi connectivity index (χ0n) is 6.04. The molecule has 1 N–H and O–H groups in total. The molecule has 60 valence electrons. The molecule has 1 aromatic carbocycles. The zero-order chi connectivity index (χ0) is 8.55. The summed E-state index contributed by atoms with van der Waals surface area (Å²) in [7, 11) is 0. The van der Waals surface area contributed by atoms with Crippen LogP contribution in [0.2, 0.25) is 0 Å². The van der Waals surface area contributed by atoms with Crippen molar-refractivity contribution in [3.63, 3.8) is 0 Å². The Bertz CT molecular complexity index is 436. The largest absolute Gasteiger partial charge is 0.298 e. The molecule has 0 aliphatic heterocycles. The summed E-state index contributed by atoms with van der Waals surface area (Å²) in [5, 5.41) is 6.22.